The van der Waals surface area contributed by atoms with Gasteiger partial charge in [-0.2, -0.15) is 0 Å². The molecule has 0 saturated carbocycles. The van der Waals surface area contributed by atoms with Crippen LogP contribution in [0.3, 0.4) is 0 Å². The van der Waals surface area contributed by atoms with E-state index >= 15 is 0 Å². The minimum absolute atomic E-state index is 0.107. The molecule has 0 radical (unpaired) electrons. The SMILES string of the molecule is CC(C)CC1N(N)c2cccc(Cl)c2C(=O)N1c1ccccc1. The highest BCUT2D eigenvalue weighted by atomic mass is 35.5. The van der Waals surface area contributed by atoms with E-state index in [9.17, 15) is 4.79 Å². The van der Waals surface area contributed by atoms with Crippen LogP contribution in [0.5, 0.6) is 0 Å². The second-order valence-corrected chi connectivity index (χ2v) is 6.57. The smallest absolute Gasteiger partial charge is 0.263 e. The first-order valence-electron chi connectivity index (χ1n) is 7.71. The minimum atomic E-state index is -0.240. The molecule has 5 heteroatoms. The van der Waals surface area contributed by atoms with Crippen LogP contribution in [0.15, 0.2) is 48.5 Å². The van der Waals surface area contributed by atoms with Gasteiger partial charge in [-0.05, 0) is 36.6 Å². The number of hydrogen-bond acceptors (Lipinski definition) is 3. The quantitative estimate of drug-likeness (QED) is 0.864. The van der Waals surface area contributed by atoms with Crippen LogP contribution < -0.4 is 15.8 Å². The van der Waals surface area contributed by atoms with Gasteiger partial charge in [-0.1, -0.05) is 49.7 Å². The lowest BCUT2D eigenvalue weighted by Crippen LogP contribution is -2.59. The predicted octanol–water partition coefficient (Wildman–Crippen LogP) is 4.05. The number of nitrogens with two attached hydrogens (primary N) is 1. The Hall–Kier alpha value is -2.04. The third-order valence-electron chi connectivity index (χ3n) is 4.04. The first-order valence-corrected chi connectivity index (χ1v) is 8.09. The van der Waals surface area contributed by atoms with Crippen molar-refractivity contribution < 1.29 is 4.79 Å². The number of amides is 1. The van der Waals surface area contributed by atoms with Crippen molar-refractivity contribution in [2.45, 2.75) is 26.4 Å². The lowest BCUT2D eigenvalue weighted by Gasteiger charge is -2.44. The Morgan fingerprint density at radius 3 is 2.48 bits per heavy atom. The first-order chi connectivity index (χ1) is 11.0. The van der Waals surface area contributed by atoms with E-state index in [1.54, 1.807) is 16.0 Å². The number of para-hydroxylation sites is 1. The van der Waals surface area contributed by atoms with E-state index in [1.807, 2.05) is 42.5 Å². The fourth-order valence-electron chi connectivity index (χ4n) is 3.00. The van der Waals surface area contributed by atoms with Gasteiger partial charge < -0.3 is 0 Å². The normalized spacial score (nSPS) is 17.6. The molecular weight excluding hydrogens is 310 g/mol. The summed E-state index contributed by atoms with van der Waals surface area (Å²) in [5.74, 6) is 6.67. The van der Waals surface area contributed by atoms with Gasteiger partial charge in [0.2, 0.25) is 0 Å². The molecule has 0 spiro atoms. The van der Waals surface area contributed by atoms with E-state index in [-0.39, 0.29) is 12.1 Å². The van der Waals surface area contributed by atoms with Crippen molar-refractivity contribution in [3.05, 3.63) is 59.1 Å². The highest BCUT2D eigenvalue weighted by molar-refractivity contribution is 6.35. The van der Waals surface area contributed by atoms with Crippen LogP contribution >= 0.6 is 11.6 Å². The number of nitrogens with zero attached hydrogens (tertiary/aromatic N) is 2. The Kier molecular flexibility index (Phi) is 4.28. The Bertz CT molecular complexity index is 717. The molecule has 1 amide bonds. The van der Waals surface area contributed by atoms with Crippen molar-refractivity contribution in [1.82, 2.24) is 0 Å². The molecule has 1 aliphatic heterocycles. The van der Waals surface area contributed by atoms with E-state index in [1.165, 1.54) is 0 Å². The van der Waals surface area contributed by atoms with Gasteiger partial charge in [0.05, 0.1) is 16.3 Å². The van der Waals surface area contributed by atoms with Gasteiger partial charge in [0.1, 0.15) is 6.17 Å². The molecule has 4 nitrogen and oxygen atoms in total. The number of carbonyl (C=O) groups is 1. The molecule has 1 atom stereocenters. The van der Waals surface area contributed by atoms with Crippen LogP contribution in [0.25, 0.3) is 0 Å². The molecule has 2 aromatic carbocycles. The fraction of sp³-hybridized carbons (Fsp3) is 0.278. The summed E-state index contributed by atoms with van der Waals surface area (Å²) in [7, 11) is 0. The average Bonchev–Trinajstić information content (AvgIpc) is 2.53. The van der Waals surface area contributed by atoms with Crippen LogP contribution in [-0.4, -0.2) is 12.1 Å². The van der Waals surface area contributed by atoms with Gasteiger partial charge in [-0.25, -0.2) is 5.84 Å². The highest BCUT2D eigenvalue weighted by Gasteiger charge is 2.38. The summed E-state index contributed by atoms with van der Waals surface area (Å²) in [6, 6.07) is 15.0. The Labute approximate surface area is 141 Å². The Balaban J connectivity index is 2.15. The maximum absolute atomic E-state index is 13.1. The maximum atomic E-state index is 13.1. The number of anilines is 2. The predicted molar refractivity (Wildman–Crippen MR) is 94.6 cm³/mol. The number of hydrazine groups is 1. The van der Waals surface area contributed by atoms with Crippen LogP contribution in [-0.2, 0) is 0 Å². The molecule has 120 valence electrons. The molecule has 3 rings (SSSR count). The summed E-state index contributed by atoms with van der Waals surface area (Å²) in [5, 5.41) is 2.09. The molecule has 2 aromatic rings. The van der Waals surface area contributed by atoms with Crippen LogP contribution in [0.1, 0.15) is 30.6 Å². The molecule has 1 unspecified atom stereocenters. The van der Waals surface area contributed by atoms with Crippen molar-refractivity contribution in [3.8, 4) is 0 Å². The van der Waals surface area contributed by atoms with Crippen LogP contribution in [0.2, 0.25) is 5.02 Å². The lowest BCUT2D eigenvalue weighted by molar-refractivity contribution is 0.0965. The fourth-order valence-corrected chi connectivity index (χ4v) is 3.25. The van der Waals surface area contributed by atoms with Gasteiger partial charge in [-0.15, -0.1) is 0 Å². The van der Waals surface area contributed by atoms with Gasteiger partial charge >= 0.3 is 0 Å². The van der Waals surface area contributed by atoms with Crippen molar-refractivity contribution >= 4 is 28.9 Å². The molecule has 2 N–H and O–H groups in total. The zero-order valence-electron chi connectivity index (χ0n) is 13.2. The Morgan fingerprint density at radius 1 is 1.13 bits per heavy atom. The molecule has 0 bridgehead atoms. The van der Waals surface area contributed by atoms with Crippen molar-refractivity contribution in [2.75, 3.05) is 9.91 Å². The molecule has 1 heterocycles. The van der Waals surface area contributed by atoms with Gasteiger partial charge in [0.15, 0.2) is 0 Å². The van der Waals surface area contributed by atoms with Crippen LogP contribution in [0.4, 0.5) is 11.4 Å². The third-order valence-corrected chi connectivity index (χ3v) is 4.35. The van der Waals surface area contributed by atoms with Gasteiger partial charge in [-0.3, -0.25) is 14.7 Å². The largest absolute Gasteiger partial charge is 0.287 e. The highest BCUT2D eigenvalue weighted by Crippen LogP contribution is 2.37. The summed E-state index contributed by atoms with van der Waals surface area (Å²) in [4.78, 5) is 14.9. The molecule has 1 aliphatic rings. The van der Waals surface area contributed by atoms with E-state index in [2.05, 4.69) is 13.8 Å². The summed E-state index contributed by atoms with van der Waals surface area (Å²) in [5.41, 5.74) is 1.96. The summed E-state index contributed by atoms with van der Waals surface area (Å²) >= 11 is 6.28. The number of halogens is 1. The standard InChI is InChI=1S/C18H20ClN3O/c1-12(2)11-16-21(13-7-4-3-5-8-13)18(23)17-14(19)9-6-10-15(17)22(16)20/h3-10,12,16H,11,20H2,1-2H3. The number of hydrogen-bond donors (Lipinski definition) is 1. The van der Waals surface area contributed by atoms with E-state index in [4.69, 9.17) is 17.4 Å². The Morgan fingerprint density at radius 2 is 1.83 bits per heavy atom. The number of benzene rings is 2. The molecule has 0 saturated heterocycles. The molecule has 0 fully saturated rings. The molecule has 23 heavy (non-hydrogen) atoms. The van der Waals surface area contributed by atoms with E-state index in [0.717, 1.165) is 12.1 Å². The van der Waals surface area contributed by atoms with Crippen molar-refractivity contribution in [1.29, 1.82) is 0 Å². The summed E-state index contributed by atoms with van der Waals surface area (Å²) < 4.78 is 0. The van der Waals surface area contributed by atoms with E-state index < -0.39 is 0 Å². The zero-order valence-corrected chi connectivity index (χ0v) is 14.0. The van der Waals surface area contributed by atoms with Gasteiger partial charge in [0, 0.05) is 5.69 Å². The van der Waals surface area contributed by atoms with Crippen molar-refractivity contribution in [3.63, 3.8) is 0 Å². The minimum Gasteiger partial charge on any atom is -0.287 e. The molecule has 0 aromatic heterocycles. The van der Waals surface area contributed by atoms with Crippen molar-refractivity contribution in [2.24, 2.45) is 11.8 Å². The third kappa shape index (κ3) is 2.80. The average molecular weight is 330 g/mol. The number of fused-ring (bicyclic) bond motifs is 1. The number of rotatable bonds is 3. The topological polar surface area (TPSA) is 49.6 Å². The maximum Gasteiger partial charge on any atom is 0.263 e. The zero-order chi connectivity index (χ0) is 16.6. The summed E-state index contributed by atoms with van der Waals surface area (Å²) in [6.07, 6.45) is 0.527. The molecular formula is C18H20ClN3O. The monoisotopic (exact) mass is 329 g/mol. The number of carbonyl (C=O) groups excluding carboxylic acids is 1. The van der Waals surface area contributed by atoms with Gasteiger partial charge in [0.25, 0.3) is 5.91 Å². The second kappa shape index (κ2) is 6.22. The second-order valence-electron chi connectivity index (χ2n) is 6.16. The van der Waals surface area contributed by atoms with Crippen LogP contribution in [0, 0.1) is 5.92 Å². The first kappa shape index (κ1) is 15.8. The molecule has 0 aliphatic carbocycles. The summed E-state index contributed by atoms with van der Waals surface area (Å²) in [6.45, 7) is 4.24. The lowest BCUT2D eigenvalue weighted by atomic mass is 10.0. The van der Waals surface area contributed by atoms with E-state index in [0.29, 0.717) is 22.2 Å².